The molecule has 0 bridgehead atoms. The Labute approximate surface area is 171 Å². The van der Waals surface area contributed by atoms with E-state index in [0.717, 1.165) is 35.6 Å². The standard InChI is InChI=1S/C18H19ClFN3O5S/c1-10-7-16(24)23(18(26)22(10)2)15-8-12(13(19)9-14(15)20)17(25)21-29(27,28)11-5-3-4-6-11/h7-9,11H,3-6H2,1-2H3,(H,21,25). The number of aryl methyl sites for hydroxylation is 1. The zero-order valence-corrected chi connectivity index (χ0v) is 17.3. The molecule has 3 rings (SSSR count). The highest BCUT2D eigenvalue weighted by atomic mass is 35.5. The van der Waals surface area contributed by atoms with Crippen molar-refractivity contribution in [3.05, 3.63) is 61.1 Å². The van der Waals surface area contributed by atoms with Crippen molar-refractivity contribution >= 4 is 27.5 Å². The maximum Gasteiger partial charge on any atom is 0.335 e. The van der Waals surface area contributed by atoms with Gasteiger partial charge in [-0.2, -0.15) is 0 Å². The molecule has 1 heterocycles. The Kier molecular flexibility index (Phi) is 5.68. The Hall–Kier alpha value is -2.46. The number of nitrogens with one attached hydrogen (secondary N) is 1. The number of sulfonamides is 1. The van der Waals surface area contributed by atoms with E-state index in [1.807, 2.05) is 4.72 Å². The summed E-state index contributed by atoms with van der Waals surface area (Å²) in [6, 6.07) is 2.80. The summed E-state index contributed by atoms with van der Waals surface area (Å²) in [5, 5.41) is -1.03. The van der Waals surface area contributed by atoms with Gasteiger partial charge in [-0.05, 0) is 31.9 Å². The fraction of sp³-hybridized carbons (Fsp3) is 0.389. The van der Waals surface area contributed by atoms with Crippen LogP contribution in [0.4, 0.5) is 4.39 Å². The van der Waals surface area contributed by atoms with E-state index < -0.39 is 43.9 Å². The minimum atomic E-state index is -3.93. The molecule has 1 amide bonds. The lowest BCUT2D eigenvalue weighted by atomic mass is 10.1. The highest BCUT2D eigenvalue weighted by Gasteiger charge is 2.31. The van der Waals surface area contributed by atoms with Crippen molar-refractivity contribution in [1.29, 1.82) is 0 Å². The molecule has 0 aliphatic heterocycles. The third kappa shape index (κ3) is 3.99. The summed E-state index contributed by atoms with van der Waals surface area (Å²) in [5.74, 6) is -2.06. The van der Waals surface area contributed by atoms with Gasteiger partial charge in [0.1, 0.15) is 5.82 Å². The predicted octanol–water partition coefficient (Wildman–Crippen LogP) is 1.64. The third-order valence-corrected chi connectivity index (χ3v) is 7.19. The molecule has 8 nitrogen and oxygen atoms in total. The lowest BCUT2D eigenvalue weighted by Crippen LogP contribution is -2.39. The highest BCUT2D eigenvalue weighted by molar-refractivity contribution is 7.90. The van der Waals surface area contributed by atoms with Crippen molar-refractivity contribution in [3.8, 4) is 5.69 Å². The van der Waals surface area contributed by atoms with Gasteiger partial charge in [0.2, 0.25) is 10.0 Å². The number of hydrogen-bond donors (Lipinski definition) is 1. The van der Waals surface area contributed by atoms with Crippen molar-refractivity contribution in [1.82, 2.24) is 13.9 Å². The minimum Gasteiger partial charge on any atom is -0.301 e. The molecule has 0 radical (unpaired) electrons. The molecule has 11 heteroatoms. The SMILES string of the molecule is Cc1cc(=O)n(-c2cc(C(=O)NS(=O)(=O)C3CCCC3)c(Cl)cc2F)c(=O)n1C. The van der Waals surface area contributed by atoms with Crippen LogP contribution >= 0.6 is 11.6 Å². The van der Waals surface area contributed by atoms with Gasteiger partial charge in [0, 0.05) is 18.8 Å². The minimum absolute atomic E-state index is 0.345. The zero-order chi connectivity index (χ0) is 21.5. The first-order valence-corrected chi connectivity index (χ1v) is 10.8. The van der Waals surface area contributed by atoms with Gasteiger partial charge in [0.15, 0.2) is 0 Å². The van der Waals surface area contributed by atoms with Gasteiger partial charge in [-0.1, -0.05) is 24.4 Å². The van der Waals surface area contributed by atoms with Crippen LogP contribution in [0.2, 0.25) is 5.02 Å². The molecule has 1 N–H and O–H groups in total. The van der Waals surface area contributed by atoms with Crippen LogP contribution in [0.25, 0.3) is 5.69 Å². The molecule has 2 aromatic rings. The van der Waals surface area contributed by atoms with Crippen molar-refractivity contribution in [2.24, 2.45) is 7.05 Å². The Balaban J connectivity index is 2.08. The molecule has 0 unspecified atom stereocenters. The average molecular weight is 444 g/mol. The number of rotatable bonds is 4. The molecular formula is C18H19ClFN3O5S. The van der Waals surface area contributed by atoms with E-state index in [0.29, 0.717) is 23.1 Å². The van der Waals surface area contributed by atoms with Crippen molar-refractivity contribution in [2.45, 2.75) is 37.9 Å². The number of halogens is 2. The zero-order valence-electron chi connectivity index (χ0n) is 15.7. The van der Waals surface area contributed by atoms with Gasteiger partial charge in [0.05, 0.1) is 21.5 Å². The van der Waals surface area contributed by atoms with Crippen LogP contribution in [-0.2, 0) is 17.1 Å². The highest BCUT2D eigenvalue weighted by Crippen LogP contribution is 2.26. The van der Waals surface area contributed by atoms with Gasteiger partial charge in [-0.3, -0.25) is 9.59 Å². The van der Waals surface area contributed by atoms with E-state index >= 15 is 0 Å². The molecule has 0 spiro atoms. The molecule has 1 fully saturated rings. The quantitative estimate of drug-likeness (QED) is 0.773. The number of benzene rings is 1. The molecule has 0 atom stereocenters. The van der Waals surface area contributed by atoms with E-state index in [9.17, 15) is 27.2 Å². The first-order chi connectivity index (χ1) is 13.5. The number of hydrogen-bond acceptors (Lipinski definition) is 5. The normalized spacial score (nSPS) is 14.9. The number of amides is 1. The van der Waals surface area contributed by atoms with Crippen molar-refractivity contribution in [2.75, 3.05) is 0 Å². The number of nitrogens with zero attached hydrogens (tertiary/aromatic N) is 2. The summed E-state index contributed by atoms with van der Waals surface area (Å²) in [4.78, 5) is 37.3. The Morgan fingerprint density at radius 1 is 1.21 bits per heavy atom. The van der Waals surface area contributed by atoms with Gasteiger partial charge in [0.25, 0.3) is 11.5 Å². The Bertz CT molecular complexity index is 1210. The van der Waals surface area contributed by atoms with E-state index in [4.69, 9.17) is 11.6 Å². The number of carbonyl (C=O) groups excluding carboxylic acids is 1. The maximum absolute atomic E-state index is 14.5. The van der Waals surface area contributed by atoms with Crippen LogP contribution in [0.5, 0.6) is 0 Å². The summed E-state index contributed by atoms with van der Waals surface area (Å²) in [6.45, 7) is 1.54. The van der Waals surface area contributed by atoms with E-state index in [-0.39, 0.29) is 10.6 Å². The summed E-state index contributed by atoms with van der Waals surface area (Å²) in [5.41, 5.74) is -2.10. The molecule has 156 valence electrons. The predicted molar refractivity (Wildman–Crippen MR) is 106 cm³/mol. The van der Waals surface area contributed by atoms with Crippen molar-refractivity contribution in [3.63, 3.8) is 0 Å². The average Bonchev–Trinajstić information content (AvgIpc) is 3.16. The largest absolute Gasteiger partial charge is 0.335 e. The lowest BCUT2D eigenvalue weighted by Gasteiger charge is -2.15. The maximum atomic E-state index is 14.5. The molecule has 29 heavy (non-hydrogen) atoms. The number of aromatic nitrogens is 2. The monoisotopic (exact) mass is 443 g/mol. The topological polar surface area (TPSA) is 107 Å². The second-order valence-electron chi connectivity index (χ2n) is 6.97. The molecule has 0 saturated heterocycles. The van der Waals surface area contributed by atoms with Crippen LogP contribution < -0.4 is 16.0 Å². The van der Waals surface area contributed by atoms with E-state index in [1.165, 1.54) is 14.0 Å². The Morgan fingerprint density at radius 2 is 1.83 bits per heavy atom. The summed E-state index contributed by atoms with van der Waals surface area (Å²) in [7, 11) is -2.52. The van der Waals surface area contributed by atoms with Gasteiger partial charge >= 0.3 is 5.69 Å². The lowest BCUT2D eigenvalue weighted by molar-refractivity contribution is 0.0981. The Morgan fingerprint density at radius 3 is 2.45 bits per heavy atom. The molecule has 1 aromatic heterocycles. The second kappa shape index (κ2) is 7.75. The third-order valence-electron chi connectivity index (χ3n) is 5.06. The van der Waals surface area contributed by atoms with Crippen LogP contribution in [0, 0.1) is 12.7 Å². The second-order valence-corrected chi connectivity index (χ2v) is 9.34. The molecule has 1 aliphatic carbocycles. The summed E-state index contributed by atoms with van der Waals surface area (Å²) >= 11 is 5.94. The van der Waals surface area contributed by atoms with E-state index in [1.54, 1.807) is 0 Å². The first kappa shape index (κ1) is 21.3. The summed E-state index contributed by atoms with van der Waals surface area (Å²) < 4.78 is 42.9. The van der Waals surface area contributed by atoms with Crippen molar-refractivity contribution < 1.29 is 17.6 Å². The molecule has 1 aliphatic rings. The van der Waals surface area contributed by atoms with Crippen LogP contribution in [-0.4, -0.2) is 28.7 Å². The van der Waals surface area contributed by atoms with Crippen LogP contribution in [0.3, 0.4) is 0 Å². The molecule has 1 aromatic carbocycles. The van der Waals surface area contributed by atoms with Gasteiger partial charge < -0.3 is 4.57 Å². The molecule has 1 saturated carbocycles. The number of carbonyl (C=O) groups is 1. The fourth-order valence-corrected chi connectivity index (χ4v) is 5.03. The van der Waals surface area contributed by atoms with Crippen LogP contribution in [0.1, 0.15) is 41.7 Å². The molecular weight excluding hydrogens is 425 g/mol. The smallest absolute Gasteiger partial charge is 0.301 e. The fourth-order valence-electron chi connectivity index (χ4n) is 3.31. The van der Waals surface area contributed by atoms with Gasteiger partial charge in [-0.15, -0.1) is 0 Å². The van der Waals surface area contributed by atoms with E-state index in [2.05, 4.69) is 0 Å². The van der Waals surface area contributed by atoms with Crippen LogP contribution in [0.15, 0.2) is 27.8 Å². The first-order valence-electron chi connectivity index (χ1n) is 8.88. The summed E-state index contributed by atoms with van der Waals surface area (Å²) in [6.07, 6.45) is 2.39. The van der Waals surface area contributed by atoms with Gasteiger partial charge in [-0.25, -0.2) is 26.9 Å².